The molecule has 100 valence electrons. The quantitative estimate of drug-likeness (QED) is 0.692. The fourth-order valence-corrected chi connectivity index (χ4v) is 1.75. The van der Waals surface area contributed by atoms with Gasteiger partial charge in [-0.3, -0.25) is 0 Å². The van der Waals surface area contributed by atoms with Crippen molar-refractivity contribution in [2.45, 2.75) is 26.3 Å². The molecule has 0 spiro atoms. The number of hydrogen-bond acceptors (Lipinski definition) is 4. The maximum absolute atomic E-state index is 11.1. The highest BCUT2D eigenvalue weighted by Gasteiger charge is 2.18. The molecule has 0 bridgehead atoms. The van der Waals surface area contributed by atoms with Crippen molar-refractivity contribution in [3.8, 4) is 0 Å². The van der Waals surface area contributed by atoms with E-state index in [0.29, 0.717) is 6.42 Å². The molecule has 1 heterocycles. The highest BCUT2D eigenvalue weighted by molar-refractivity contribution is 6.29. The number of anilines is 1. The third-order valence-corrected chi connectivity index (χ3v) is 2.87. The first kappa shape index (κ1) is 14.7. The Balaban J connectivity index is 3.00. The lowest BCUT2D eigenvalue weighted by atomic mass is 10.0. The van der Waals surface area contributed by atoms with Crippen LogP contribution in [0.2, 0.25) is 5.15 Å². The van der Waals surface area contributed by atoms with Gasteiger partial charge in [0, 0.05) is 12.6 Å². The van der Waals surface area contributed by atoms with Gasteiger partial charge in [-0.15, -0.1) is 0 Å². The molecule has 0 aromatic carbocycles. The molecule has 0 amide bonds. The molecule has 1 aromatic heterocycles. The van der Waals surface area contributed by atoms with Gasteiger partial charge >= 0.3 is 5.97 Å². The van der Waals surface area contributed by atoms with Crippen molar-refractivity contribution in [1.82, 2.24) is 4.98 Å². The fraction of sp³-hybridized carbons (Fsp3) is 0.500. The van der Waals surface area contributed by atoms with E-state index in [1.54, 1.807) is 0 Å². The molecule has 0 fully saturated rings. The van der Waals surface area contributed by atoms with E-state index < -0.39 is 5.97 Å². The highest BCUT2D eigenvalue weighted by Crippen LogP contribution is 2.20. The number of halogens is 1. The van der Waals surface area contributed by atoms with Gasteiger partial charge in [0.05, 0.1) is 0 Å². The second-order valence-electron chi connectivity index (χ2n) is 4.34. The van der Waals surface area contributed by atoms with Crippen LogP contribution in [0, 0.1) is 5.92 Å². The monoisotopic (exact) mass is 272 g/mol. The Morgan fingerprint density at radius 3 is 2.67 bits per heavy atom. The Morgan fingerprint density at radius 2 is 2.17 bits per heavy atom. The van der Waals surface area contributed by atoms with E-state index in [0.717, 1.165) is 0 Å². The van der Waals surface area contributed by atoms with E-state index in [4.69, 9.17) is 21.8 Å². The minimum absolute atomic E-state index is 0.0266. The Kier molecular flexibility index (Phi) is 5.37. The summed E-state index contributed by atoms with van der Waals surface area (Å²) in [6.45, 7) is 4.00. The third-order valence-electron chi connectivity index (χ3n) is 2.66. The number of aliphatic hydroxyl groups is 1. The lowest BCUT2D eigenvalue weighted by Gasteiger charge is -2.23. The van der Waals surface area contributed by atoms with Crippen LogP contribution >= 0.6 is 11.6 Å². The van der Waals surface area contributed by atoms with Crippen molar-refractivity contribution >= 4 is 23.4 Å². The van der Waals surface area contributed by atoms with E-state index in [2.05, 4.69) is 10.3 Å². The molecule has 0 saturated carbocycles. The molecule has 1 aromatic rings. The Labute approximate surface area is 111 Å². The summed E-state index contributed by atoms with van der Waals surface area (Å²) in [5.41, 5.74) is 0.0722. The summed E-state index contributed by atoms with van der Waals surface area (Å²) in [7, 11) is 0. The van der Waals surface area contributed by atoms with Crippen molar-refractivity contribution in [2.75, 3.05) is 11.9 Å². The van der Waals surface area contributed by atoms with Crippen LogP contribution in [0.25, 0.3) is 0 Å². The standard InChI is InChI=1S/C12H17ClN2O3/c1-7(2)9(5-6-16)14-11-8(12(17)18)3-4-10(13)15-11/h3-4,7,9,16H,5-6H2,1-2H3,(H,14,15)(H,17,18). The fourth-order valence-electron chi connectivity index (χ4n) is 1.60. The number of hydrogen-bond donors (Lipinski definition) is 3. The predicted octanol–water partition coefficient (Wildman–Crippen LogP) is 2.25. The second kappa shape index (κ2) is 6.56. The Hall–Kier alpha value is -1.33. The molecule has 0 aliphatic carbocycles. The first-order chi connectivity index (χ1) is 8.45. The lowest BCUT2D eigenvalue weighted by Crippen LogP contribution is -2.28. The Bertz CT molecular complexity index is 424. The predicted molar refractivity (Wildman–Crippen MR) is 70.2 cm³/mol. The van der Waals surface area contributed by atoms with Crippen LogP contribution in [0.1, 0.15) is 30.6 Å². The van der Waals surface area contributed by atoms with Crippen molar-refractivity contribution < 1.29 is 15.0 Å². The molecule has 0 radical (unpaired) electrons. The van der Waals surface area contributed by atoms with Crippen LogP contribution in [-0.4, -0.2) is 33.8 Å². The molecule has 1 unspecified atom stereocenters. The zero-order valence-corrected chi connectivity index (χ0v) is 11.1. The number of aromatic carboxylic acids is 1. The largest absolute Gasteiger partial charge is 0.478 e. The topological polar surface area (TPSA) is 82.5 Å². The van der Waals surface area contributed by atoms with Crippen LogP contribution in [-0.2, 0) is 0 Å². The lowest BCUT2D eigenvalue weighted by molar-refractivity contribution is 0.0697. The summed E-state index contributed by atoms with van der Waals surface area (Å²) in [5.74, 6) is -0.588. The average molecular weight is 273 g/mol. The third kappa shape index (κ3) is 3.85. The first-order valence-corrected chi connectivity index (χ1v) is 6.10. The van der Waals surface area contributed by atoms with Gasteiger partial charge in [0.15, 0.2) is 0 Å². The van der Waals surface area contributed by atoms with Gasteiger partial charge in [-0.05, 0) is 24.5 Å². The van der Waals surface area contributed by atoms with E-state index in [1.165, 1.54) is 12.1 Å². The number of carbonyl (C=O) groups is 1. The average Bonchev–Trinajstić information content (AvgIpc) is 2.28. The summed E-state index contributed by atoms with van der Waals surface area (Å²) in [4.78, 5) is 15.1. The van der Waals surface area contributed by atoms with Crippen LogP contribution in [0.4, 0.5) is 5.82 Å². The highest BCUT2D eigenvalue weighted by atomic mass is 35.5. The second-order valence-corrected chi connectivity index (χ2v) is 4.73. The molecule has 18 heavy (non-hydrogen) atoms. The summed E-state index contributed by atoms with van der Waals surface area (Å²) >= 11 is 5.77. The molecule has 1 rings (SSSR count). The summed E-state index contributed by atoms with van der Waals surface area (Å²) in [5, 5.41) is 21.3. The van der Waals surface area contributed by atoms with E-state index in [-0.39, 0.29) is 35.1 Å². The zero-order valence-electron chi connectivity index (χ0n) is 10.4. The Morgan fingerprint density at radius 1 is 1.50 bits per heavy atom. The summed E-state index contributed by atoms with van der Waals surface area (Å²) in [6.07, 6.45) is 0.519. The normalized spacial score (nSPS) is 12.5. The first-order valence-electron chi connectivity index (χ1n) is 5.73. The molecule has 6 heteroatoms. The van der Waals surface area contributed by atoms with Gasteiger partial charge in [-0.1, -0.05) is 25.4 Å². The smallest absolute Gasteiger partial charge is 0.339 e. The number of rotatable bonds is 6. The van der Waals surface area contributed by atoms with Crippen LogP contribution in [0.5, 0.6) is 0 Å². The molecule has 1 atom stereocenters. The van der Waals surface area contributed by atoms with Crippen molar-refractivity contribution in [3.63, 3.8) is 0 Å². The van der Waals surface area contributed by atoms with Crippen molar-refractivity contribution in [2.24, 2.45) is 5.92 Å². The van der Waals surface area contributed by atoms with E-state index >= 15 is 0 Å². The number of carboxylic acids is 1. The maximum Gasteiger partial charge on any atom is 0.339 e. The van der Waals surface area contributed by atoms with Gasteiger partial charge in [0.2, 0.25) is 0 Å². The van der Waals surface area contributed by atoms with Gasteiger partial charge in [0.25, 0.3) is 0 Å². The molecule has 0 aliphatic rings. The SMILES string of the molecule is CC(C)C(CCO)Nc1nc(Cl)ccc1C(=O)O. The van der Waals surface area contributed by atoms with Gasteiger partial charge in [-0.2, -0.15) is 0 Å². The van der Waals surface area contributed by atoms with Crippen LogP contribution in [0.3, 0.4) is 0 Å². The van der Waals surface area contributed by atoms with Crippen LogP contribution in [0.15, 0.2) is 12.1 Å². The number of nitrogens with one attached hydrogen (secondary N) is 1. The molecular weight excluding hydrogens is 256 g/mol. The van der Waals surface area contributed by atoms with Gasteiger partial charge in [0.1, 0.15) is 16.5 Å². The summed E-state index contributed by atoms with van der Waals surface area (Å²) < 4.78 is 0. The minimum atomic E-state index is -1.06. The van der Waals surface area contributed by atoms with Gasteiger partial charge < -0.3 is 15.5 Å². The molecular formula is C12H17ClN2O3. The number of nitrogens with zero attached hydrogens (tertiary/aromatic N) is 1. The van der Waals surface area contributed by atoms with Crippen LogP contribution < -0.4 is 5.32 Å². The summed E-state index contributed by atoms with van der Waals surface area (Å²) in [6, 6.07) is 2.79. The minimum Gasteiger partial charge on any atom is -0.478 e. The molecule has 5 nitrogen and oxygen atoms in total. The molecule has 0 aliphatic heterocycles. The number of aromatic nitrogens is 1. The number of carboxylic acid groups (broad SMARTS) is 1. The molecule has 3 N–H and O–H groups in total. The number of pyridine rings is 1. The molecule has 0 saturated heterocycles. The van der Waals surface area contributed by atoms with E-state index in [1.807, 2.05) is 13.8 Å². The van der Waals surface area contributed by atoms with Crippen molar-refractivity contribution in [1.29, 1.82) is 0 Å². The van der Waals surface area contributed by atoms with Gasteiger partial charge in [-0.25, -0.2) is 9.78 Å². The number of aliphatic hydroxyl groups excluding tert-OH is 1. The van der Waals surface area contributed by atoms with Crippen molar-refractivity contribution in [3.05, 3.63) is 22.8 Å². The maximum atomic E-state index is 11.1. The van der Waals surface area contributed by atoms with E-state index in [9.17, 15) is 4.79 Å². The zero-order chi connectivity index (χ0) is 13.7.